The third-order valence-corrected chi connectivity index (χ3v) is 8.05. The molecule has 2 aliphatic heterocycles. The molecule has 39 heavy (non-hydrogen) atoms. The number of pyridine rings is 1. The van der Waals surface area contributed by atoms with Crippen LogP contribution in [-0.4, -0.2) is 53.0 Å². The van der Waals surface area contributed by atoms with Crippen LogP contribution in [0, 0.1) is 23.2 Å². The van der Waals surface area contributed by atoms with Gasteiger partial charge in [0.2, 0.25) is 0 Å². The molecule has 1 aliphatic carbocycles. The molecular formula is C29H24FN5O4. The van der Waals surface area contributed by atoms with Gasteiger partial charge in [0.25, 0.3) is 6.01 Å². The monoisotopic (exact) mass is 525 g/mol. The summed E-state index contributed by atoms with van der Waals surface area (Å²) < 4.78 is 21.5. The third kappa shape index (κ3) is 4.02. The van der Waals surface area contributed by atoms with Gasteiger partial charge in [-0.15, -0.1) is 0 Å². The number of carboxylic acid groups (broad SMARTS) is 1. The van der Waals surface area contributed by atoms with Crippen molar-refractivity contribution in [1.82, 2.24) is 9.55 Å². The number of carboxylic acids is 1. The molecular weight excluding hydrogens is 501 g/mol. The molecule has 0 radical (unpaired) electrons. The summed E-state index contributed by atoms with van der Waals surface area (Å²) in [4.78, 5) is 33.2. The first-order valence-corrected chi connectivity index (χ1v) is 13.0. The first-order valence-electron chi connectivity index (χ1n) is 13.0. The maximum Gasteiger partial charge on any atom is 0.341 e. The zero-order valence-electron chi connectivity index (χ0n) is 20.9. The number of aromatic nitrogens is 2. The van der Waals surface area contributed by atoms with Gasteiger partial charge in [-0.1, -0.05) is 6.07 Å². The van der Waals surface area contributed by atoms with Gasteiger partial charge in [0.05, 0.1) is 16.9 Å². The van der Waals surface area contributed by atoms with Crippen LogP contribution in [0.3, 0.4) is 0 Å². The molecule has 1 N–H and O–H groups in total. The molecule has 0 amide bonds. The molecule has 7 rings (SSSR count). The number of nitrogens with zero attached hydrogens (tertiary/aromatic N) is 5. The van der Waals surface area contributed by atoms with E-state index in [1.807, 2.05) is 4.90 Å². The van der Waals surface area contributed by atoms with E-state index in [2.05, 4.69) is 16.0 Å². The number of fused-ring (bicyclic) bond motifs is 2. The standard InChI is InChI=1S/C29H24FN5O4/c30-20-5-6-33(14-20)24-4-1-16(7-17(24)11-31)25-10-26(36)22(28(37)38)15-35(25)21-2-3-23-27(9-21)39-29(32-23)34-12-18-8-19(18)13-34/h1-4,7,9-10,15,18-20H,5-6,8,12-14H2,(H,37,38)/t18?,19?,20-/m1/s1. The molecule has 10 heteroatoms. The molecule has 2 unspecified atom stereocenters. The van der Waals surface area contributed by atoms with Gasteiger partial charge in [0.1, 0.15) is 23.3 Å². The Kier molecular flexibility index (Phi) is 5.23. The smallest absolute Gasteiger partial charge is 0.341 e. The Bertz CT molecular complexity index is 1740. The number of carbonyl (C=O) groups is 1. The summed E-state index contributed by atoms with van der Waals surface area (Å²) in [6.07, 6.45) is 2.03. The van der Waals surface area contributed by atoms with Crippen LogP contribution >= 0.6 is 0 Å². The molecule has 196 valence electrons. The molecule has 4 heterocycles. The number of alkyl halides is 1. The summed E-state index contributed by atoms with van der Waals surface area (Å²) in [6.45, 7) is 2.63. The zero-order chi connectivity index (χ0) is 26.8. The molecule has 0 spiro atoms. The SMILES string of the molecule is N#Cc1cc(-c2cc(=O)c(C(=O)O)cn2-c2ccc3nc(N4CC5CC5C4)oc3c2)ccc1N1CC[C@@H](F)C1. The van der Waals surface area contributed by atoms with Gasteiger partial charge in [0.15, 0.2) is 11.0 Å². The number of hydrogen-bond acceptors (Lipinski definition) is 7. The fourth-order valence-corrected chi connectivity index (χ4v) is 5.87. The minimum atomic E-state index is -1.33. The molecule has 2 aromatic carbocycles. The first kappa shape index (κ1) is 23.5. The lowest BCUT2D eigenvalue weighted by atomic mass is 10.0. The Labute approximate surface area is 222 Å². The van der Waals surface area contributed by atoms with Crippen molar-refractivity contribution < 1.29 is 18.7 Å². The van der Waals surface area contributed by atoms with Crippen LogP contribution in [-0.2, 0) is 0 Å². The van der Waals surface area contributed by atoms with Crippen LogP contribution in [0.15, 0.2) is 57.9 Å². The van der Waals surface area contributed by atoms with Crippen LogP contribution in [0.25, 0.3) is 28.0 Å². The molecule has 0 bridgehead atoms. The quantitative estimate of drug-likeness (QED) is 0.412. The number of benzene rings is 2. The number of halogens is 1. The molecule has 2 saturated heterocycles. The van der Waals surface area contributed by atoms with Gasteiger partial charge in [-0.25, -0.2) is 9.18 Å². The van der Waals surface area contributed by atoms with Crippen molar-refractivity contribution in [2.45, 2.75) is 19.0 Å². The maximum atomic E-state index is 13.8. The summed E-state index contributed by atoms with van der Waals surface area (Å²) in [7, 11) is 0. The van der Waals surface area contributed by atoms with Crippen molar-refractivity contribution in [3.8, 4) is 23.0 Å². The number of hydrogen-bond donors (Lipinski definition) is 1. The third-order valence-electron chi connectivity index (χ3n) is 8.05. The van der Waals surface area contributed by atoms with E-state index in [1.54, 1.807) is 41.0 Å². The van der Waals surface area contributed by atoms with Gasteiger partial charge in [0, 0.05) is 55.8 Å². The van der Waals surface area contributed by atoms with Crippen molar-refractivity contribution in [3.63, 3.8) is 0 Å². The largest absolute Gasteiger partial charge is 0.477 e. The highest BCUT2D eigenvalue weighted by molar-refractivity contribution is 5.88. The van der Waals surface area contributed by atoms with Gasteiger partial charge < -0.3 is 23.9 Å². The summed E-state index contributed by atoms with van der Waals surface area (Å²) in [6, 6.07) is 14.6. The normalized spacial score (nSPS) is 21.8. The van der Waals surface area contributed by atoms with Crippen LogP contribution in [0.1, 0.15) is 28.8 Å². The van der Waals surface area contributed by atoms with E-state index in [9.17, 15) is 24.3 Å². The second kappa shape index (κ2) is 8.70. The summed E-state index contributed by atoms with van der Waals surface area (Å²) in [5.74, 6) is 0.114. The fraction of sp³-hybridized carbons (Fsp3) is 0.310. The molecule has 3 aliphatic rings. The lowest BCUT2D eigenvalue weighted by Gasteiger charge is -2.20. The lowest BCUT2D eigenvalue weighted by Crippen LogP contribution is -2.21. The zero-order valence-corrected chi connectivity index (χ0v) is 20.9. The number of piperidine rings is 1. The number of rotatable bonds is 5. The molecule has 3 fully saturated rings. The lowest BCUT2D eigenvalue weighted by molar-refractivity contribution is 0.0695. The highest BCUT2D eigenvalue weighted by atomic mass is 19.1. The Morgan fingerprint density at radius 1 is 1.10 bits per heavy atom. The molecule has 9 nitrogen and oxygen atoms in total. The minimum Gasteiger partial charge on any atom is -0.477 e. The van der Waals surface area contributed by atoms with Crippen LogP contribution in [0.4, 0.5) is 16.1 Å². The predicted octanol–water partition coefficient (Wildman–Crippen LogP) is 4.22. The highest BCUT2D eigenvalue weighted by Gasteiger charge is 2.46. The summed E-state index contributed by atoms with van der Waals surface area (Å²) in [5.41, 5.74) is 2.73. The van der Waals surface area contributed by atoms with E-state index < -0.39 is 17.6 Å². The molecule has 1 saturated carbocycles. The van der Waals surface area contributed by atoms with Gasteiger partial charge in [-0.05, 0) is 48.9 Å². The summed E-state index contributed by atoms with van der Waals surface area (Å²) in [5, 5.41) is 19.5. The van der Waals surface area contributed by atoms with E-state index in [1.165, 1.54) is 18.7 Å². The van der Waals surface area contributed by atoms with Crippen molar-refractivity contribution in [3.05, 3.63) is 70.0 Å². The Morgan fingerprint density at radius 2 is 1.92 bits per heavy atom. The van der Waals surface area contributed by atoms with Crippen LogP contribution in [0.2, 0.25) is 0 Å². The topological polar surface area (TPSA) is 116 Å². The number of aromatic carboxylic acids is 1. The van der Waals surface area contributed by atoms with Gasteiger partial charge in [-0.2, -0.15) is 10.2 Å². The Hall–Kier alpha value is -4.65. The van der Waals surface area contributed by atoms with Crippen LogP contribution < -0.4 is 15.2 Å². The molecule has 2 aromatic heterocycles. The van der Waals surface area contributed by atoms with Gasteiger partial charge in [-0.3, -0.25) is 4.79 Å². The number of anilines is 2. The van der Waals surface area contributed by atoms with Crippen LogP contribution in [0.5, 0.6) is 0 Å². The highest BCUT2D eigenvalue weighted by Crippen LogP contribution is 2.46. The Morgan fingerprint density at radius 3 is 2.64 bits per heavy atom. The average molecular weight is 526 g/mol. The van der Waals surface area contributed by atoms with E-state index in [-0.39, 0.29) is 12.1 Å². The molecule has 3 atom stereocenters. The summed E-state index contributed by atoms with van der Waals surface area (Å²) >= 11 is 0. The van der Waals surface area contributed by atoms with E-state index in [0.29, 0.717) is 58.3 Å². The van der Waals surface area contributed by atoms with E-state index in [4.69, 9.17) is 4.42 Å². The number of nitriles is 1. The Balaban J connectivity index is 1.32. The predicted molar refractivity (Wildman–Crippen MR) is 142 cm³/mol. The fourth-order valence-electron chi connectivity index (χ4n) is 5.87. The minimum absolute atomic E-state index is 0.226. The second-order valence-corrected chi connectivity index (χ2v) is 10.6. The van der Waals surface area contributed by atoms with Crippen molar-refractivity contribution in [2.75, 3.05) is 36.0 Å². The van der Waals surface area contributed by atoms with Crippen molar-refractivity contribution >= 4 is 28.8 Å². The van der Waals surface area contributed by atoms with Gasteiger partial charge >= 0.3 is 5.97 Å². The van der Waals surface area contributed by atoms with Crippen molar-refractivity contribution in [1.29, 1.82) is 5.26 Å². The van der Waals surface area contributed by atoms with Crippen molar-refractivity contribution in [2.24, 2.45) is 11.8 Å². The first-order chi connectivity index (χ1) is 18.9. The van der Waals surface area contributed by atoms with E-state index in [0.717, 1.165) is 24.9 Å². The molecule has 4 aromatic rings. The number of oxazole rings is 1. The van der Waals surface area contributed by atoms with E-state index >= 15 is 0 Å². The average Bonchev–Trinajstić information content (AvgIpc) is 3.28. The second-order valence-electron chi connectivity index (χ2n) is 10.6. The maximum absolute atomic E-state index is 13.8.